The lowest BCUT2D eigenvalue weighted by atomic mass is 9.67. The van der Waals surface area contributed by atoms with Gasteiger partial charge in [-0.05, 0) is 124 Å². The molecule has 2 aliphatic carbocycles. The Morgan fingerprint density at radius 2 is 0.839 bits per heavy atom. The molecule has 0 aliphatic heterocycles. The summed E-state index contributed by atoms with van der Waals surface area (Å²) in [5.41, 5.74) is -3.60. The number of carbonyl (C=O) groups is 8. The van der Waals surface area contributed by atoms with Gasteiger partial charge in [0.15, 0.2) is 0 Å². The molecule has 0 spiro atoms. The maximum atomic E-state index is 15.5. The number of esters is 2. The van der Waals surface area contributed by atoms with Crippen LogP contribution in [0.2, 0.25) is 0 Å². The Balaban J connectivity index is 2.49. The van der Waals surface area contributed by atoms with Crippen LogP contribution in [0.3, 0.4) is 0 Å². The van der Waals surface area contributed by atoms with Gasteiger partial charge in [-0.2, -0.15) is 0 Å². The second-order valence-corrected chi connectivity index (χ2v) is 29.4. The number of carbonyl (C=O) groups excluding carboxylic acids is 8. The molecule has 3 N–H and O–H groups in total. The highest BCUT2D eigenvalue weighted by atomic mass is 16.5. The molecule has 504 valence electrons. The fourth-order valence-electron chi connectivity index (χ4n) is 12.7. The molecule has 0 aromatic heterocycles. The molecule has 3 amide bonds. The summed E-state index contributed by atoms with van der Waals surface area (Å²) in [5, 5.41) is 9.06. The van der Waals surface area contributed by atoms with Crippen LogP contribution in [0.15, 0.2) is 0 Å². The first-order valence-electron chi connectivity index (χ1n) is 34.4. The lowest BCUT2D eigenvalue weighted by Crippen LogP contribution is -2.44. The zero-order valence-corrected chi connectivity index (χ0v) is 58.2. The van der Waals surface area contributed by atoms with Crippen molar-refractivity contribution in [3.63, 3.8) is 0 Å². The van der Waals surface area contributed by atoms with Crippen LogP contribution >= 0.6 is 0 Å². The highest BCUT2D eigenvalue weighted by Crippen LogP contribution is 2.41. The zero-order chi connectivity index (χ0) is 65.3. The minimum absolute atomic E-state index is 0.00301. The highest BCUT2D eigenvalue weighted by molar-refractivity contribution is 5.94. The number of nitrogens with one attached hydrogen (secondary N) is 3. The van der Waals surface area contributed by atoms with Gasteiger partial charge in [0.05, 0.1) is 25.6 Å². The summed E-state index contributed by atoms with van der Waals surface area (Å²) >= 11 is 0. The Morgan fingerprint density at radius 1 is 0.437 bits per heavy atom. The van der Waals surface area contributed by atoms with Crippen LogP contribution in [-0.2, 0) is 47.8 Å². The number of ketones is 3. The predicted molar refractivity (Wildman–Crippen MR) is 351 cm³/mol. The van der Waals surface area contributed by atoms with Crippen LogP contribution in [0.4, 0.5) is 0 Å². The molecule has 4 unspecified atom stereocenters. The fraction of sp³-hybridized carbons (Fsp3) is 0.886. The van der Waals surface area contributed by atoms with Crippen molar-refractivity contribution in [1.82, 2.24) is 35.6 Å². The summed E-state index contributed by atoms with van der Waals surface area (Å²) in [6, 6.07) is 0. The van der Waals surface area contributed by atoms with E-state index in [1.807, 2.05) is 56.1 Å². The van der Waals surface area contributed by atoms with Gasteiger partial charge in [0.25, 0.3) is 0 Å². The second kappa shape index (κ2) is 41.6. The third kappa shape index (κ3) is 32.2. The Bertz CT molecular complexity index is 2050. The Kier molecular flexibility index (Phi) is 37.9. The third-order valence-electron chi connectivity index (χ3n) is 19.2. The molecular weight excluding hydrogens is 1100 g/mol. The van der Waals surface area contributed by atoms with Crippen molar-refractivity contribution in [2.45, 2.75) is 223 Å². The molecule has 0 saturated heterocycles. The van der Waals surface area contributed by atoms with Crippen molar-refractivity contribution in [1.29, 1.82) is 0 Å². The Hall–Kier alpha value is -3.80. The summed E-state index contributed by atoms with van der Waals surface area (Å²) in [6.07, 6.45) is 17.2. The van der Waals surface area contributed by atoms with Gasteiger partial charge in [-0.15, -0.1) is 0 Å². The van der Waals surface area contributed by atoms with Crippen LogP contribution < -0.4 is 16.0 Å². The molecule has 0 aromatic rings. The van der Waals surface area contributed by atoms with E-state index < -0.39 is 51.8 Å². The van der Waals surface area contributed by atoms with E-state index in [0.29, 0.717) is 57.6 Å². The smallest absolute Gasteiger partial charge is 0.309 e. The van der Waals surface area contributed by atoms with Gasteiger partial charge >= 0.3 is 11.9 Å². The predicted octanol–water partition coefficient (Wildman–Crippen LogP) is 10.6. The van der Waals surface area contributed by atoms with E-state index in [-0.39, 0.29) is 92.6 Å². The Morgan fingerprint density at radius 3 is 1.30 bits per heavy atom. The van der Waals surface area contributed by atoms with Crippen LogP contribution in [0.1, 0.15) is 223 Å². The van der Waals surface area contributed by atoms with Gasteiger partial charge in [-0.3, -0.25) is 38.4 Å². The molecule has 87 heavy (non-hydrogen) atoms. The summed E-state index contributed by atoms with van der Waals surface area (Å²) in [4.78, 5) is 123. The number of nitrogens with zero attached hydrogens (tertiary/aromatic N) is 4. The average molecular weight is 1230 g/mol. The van der Waals surface area contributed by atoms with Crippen LogP contribution in [0, 0.1) is 63.6 Å². The number of ether oxygens (including phenoxy) is 2. The van der Waals surface area contributed by atoms with Crippen LogP contribution in [0.25, 0.3) is 0 Å². The third-order valence-corrected chi connectivity index (χ3v) is 19.2. The summed E-state index contributed by atoms with van der Waals surface area (Å²) < 4.78 is 11.9. The first kappa shape index (κ1) is 79.3. The SMILES string of the molecule is CCCCNC(=O)C(CC(=O)NCCN(C)CCN(C)C)CC(C)(C)C(=O)CC(CC(C)(C)C(=O)C(CC(=O)OCC1CCC(CCCC)CC1)CC(C)(C)C(=O)CC(CC)C(=O)OCC1CCC(CCCC)CC1)C(=O)NCCN(C)CCN(C)C. The van der Waals surface area contributed by atoms with Gasteiger partial charge in [0.1, 0.15) is 17.3 Å². The molecule has 0 radical (unpaired) electrons. The number of Topliss-reactive ketones (excluding diaryl/α,β-unsaturated/α-hetero) is 3. The summed E-state index contributed by atoms with van der Waals surface area (Å²) in [5.74, 6) is -4.19. The first-order valence-corrected chi connectivity index (χ1v) is 34.4. The number of amides is 3. The van der Waals surface area contributed by atoms with E-state index in [2.05, 4.69) is 49.4 Å². The monoisotopic (exact) mass is 1230 g/mol. The topological polar surface area (TPSA) is 204 Å². The number of hydrogen-bond acceptors (Lipinski definition) is 14. The number of hydrogen-bond donors (Lipinski definition) is 3. The normalized spacial score (nSPS) is 19.1. The van der Waals surface area contributed by atoms with E-state index >= 15 is 4.79 Å². The molecule has 2 rings (SSSR count). The lowest BCUT2D eigenvalue weighted by molar-refractivity contribution is -0.153. The average Bonchev–Trinajstić information content (AvgIpc) is 3.65. The van der Waals surface area contributed by atoms with E-state index in [1.165, 1.54) is 38.5 Å². The van der Waals surface area contributed by atoms with Gasteiger partial charge in [-0.25, -0.2) is 0 Å². The zero-order valence-electron chi connectivity index (χ0n) is 58.2. The molecule has 2 aliphatic rings. The standard InChI is InChI=1S/C70H129N7O10/c1-17-21-24-52-26-30-54(31-27-52)50-86-63(81)46-57(47-68(5,6)60(78)43-56(20-4)67(85)87-51-55-32-28-53(29-33-55)25-22-18-2)64(82)70(9,10)49-58(65(83)73-36-38-77(16)42-40-75(13)14)44-61(79)69(7,8)48-59(66(84)72-34-23-19-3)45-62(80)71-35-37-76(15)41-39-74(11)12/h52-59H,17-51H2,1-16H3,(H,71,80)(H,72,84)(H,73,83). The first-order chi connectivity index (χ1) is 41.0. The molecule has 4 atom stereocenters. The number of likely N-dealkylation sites (N-methyl/N-ethyl adjacent to an activating group) is 4. The second-order valence-electron chi connectivity index (χ2n) is 29.4. The molecular formula is C70H129N7O10. The Labute approximate surface area is 529 Å². The van der Waals surface area contributed by atoms with Crippen molar-refractivity contribution in [3.05, 3.63) is 0 Å². The molecule has 2 fully saturated rings. The van der Waals surface area contributed by atoms with Crippen molar-refractivity contribution in [3.8, 4) is 0 Å². The van der Waals surface area contributed by atoms with Gasteiger partial charge < -0.3 is 45.0 Å². The van der Waals surface area contributed by atoms with E-state index in [1.54, 1.807) is 41.5 Å². The van der Waals surface area contributed by atoms with Gasteiger partial charge in [0.2, 0.25) is 17.7 Å². The van der Waals surface area contributed by atoms with Gasteiger partial charge in [-0.1, -0.05) is 140 Å². The van der Waals surface area contributed by atoms with E-state index in [0.717, 1.165) is 96.3 Å². The minimum atomic E-state index is -1.29. The molecule has 0 aromatic carbocycles. The van der Waals surface area contributed by atoms with E-state index in [4.69, 9.17) is 9.47 Å². The molecule has 0 bridgehead atoms. The van der Waals surface area contributed by atoms with Crippen molar-refractivity contribution in [2.75, 3.05) is 114 Å². The van der Waals surface area contributed by atoms with E-state index in [9.17, 15) is 33.6 Å². The lowest BCUT2D eigenvalue weighted by Gasteiger charge is -2.35. The van der Waals surface area contributed by atoms with Crippen molar-refractivity contribution < 1.29 is 47.8 Å². The molecule has 17 heteroatoms. The van der Waals surface area contributed by atoms with Crippen molar-refractivity contribution in [2.24, 2.45) is 63.6 Å². The van der Waals surface area contributed by atoms with Crippen LogP contribution in [-0.4, -0.2) is 181 Å². The maximum absolute atomic E-state index is 15.5. The number of rotatable bonds is 47. The minimum Gasteiger partial charge on any atom is -0.465 e. The summed E-state index contributed by atoms with van der Waals surface area (Å²) in [7, 11) is 12.0. The summed E-state index contributed by atoms with van der Waals surface area (Å²) in [6.45, 7) is 25.1. The molecule has 0 heterocycles. The number of unbranched alkanes of at least 4 members (excludes halogenated alkanes) is 3. The largest absolute Gasteiger partial charge is 0.465 e. The van der Waals surface area contributed by atoms with Gasteiger partial charge in [0, 0.05) is 112 Å². The molecule has 17 nitrogen and oxygen atoms in total. The van der Waals surface area contributed by atoms with Crippen molar-refractivity contribution >= 4 is 47.0 Å². The molecule has 2 saturated carbocycles. The quantitative estimate of drug-likeness (QED) is 0.0383. The maximum Gasteiger partial charge on any atom is 0.309 e. The fourth-order valence-corrected chi connectivity index (χ4v) is 12.7. The highest BCUT2D eigenvalue weighted by Gasteiger charge is 2.45. The van der Waals surface area contributed by atoms with Crippen LogP contribution in [0.5, 0.6) is 0 Å².